The summed E-state index contributed by atoms with van der Waals surface area (Å²) in [5, 5.41) is 0. The lowest BCUT2D eigenvalue weighted by Crippen LogP contribution is -2.26. The topological polar surface area (TPSA) is 77.8 Å². The number of nitrogens with zero attached hydrogens (tertiary/aromatic N) is 2. The molecule has 0 N–H and O–H groups in total. The Balaban J connectivity index is 2.27. The molecule has 2 aromatic rings. The van der Waals surface area contributed by atoms with E-state index in [2.05, 4.69) is 4.74 Å². The standard InChI is InChI=1S/C16H20N2O5S/c1-17-11-14(9-15(17)16(19)23-4)24(20,21)18(2)10-12-6-5-7-13(8-12)22-3/h5-9,11H,10H2,1-4H3. The van der Waals surface area contributed by atoms with Crippen molar-refractivity contribution in [1.82, 2.24) is 8.87 Å². The summed E-state index contributed by atoms with van der Waals surface area (Å²) in [6.45, 7) is 0.183. The van der Waals surface area contributed by atoms with E-state index in [4.69, 9.17) is 4.74 Å². The predicted octanol–water partition coefficient (Wildman–Crippen LogP) is 1.64. The van der Waals surface area contributed by atoms with Gasteiger partial charge < -0.3 is 14.0 Å². The fourth-order valence-electron chi connectivity index (χ4n) is 2.28. The minimum atomic E-state index is -3.74. The molecule has 8 heteroatoms. The SMILES string of the molecule is COC(=O)c1cc(S(=O)(=O)N(C)Cc2cccc(OC)c2)cn1C. The third-order valence-corrected chi connectivity index (χ3v) is 5.39. The molecule has 0 aliphatic carbocycles. The van der Waals surface area contributed by atoms with Crippen molar-refractivity contribution in [2.75, 3.05) is 21.3 Å². The number of hydrogen-bond acceptors (Lipinski definition) is 5. The van der Waals surface area contributed by atoms with Crippen LogP contribution in [0.15, 0.2) is 41.4 Å². The maximum Gasteiger partial charge on any atom is 0.354 e. The number of carbonyl (C=O) groups is 1. The monoisotopic (exact) mass is 352 g/mol. The van der Waals surface area contributed by atoms with E-state index in [1.54, 1.807) is 32.4 Å². The van der Waals surface area contributed by atoms with E-state index in [1.807, 2.05) is 6.07 Å². The van der Waals surface area contributed by atoms with Gasteiger partial charge in [-0.05, 0) is 23.8 Å². The van der Waals surface area contributed by atoms with Crippen LogP contribution >= 0.6 is 0 Å². The summed E-state index contributed by atoms with van der Waals surface area (Å²) in [7, 11) is 2.14. The molecule has 0 atom stereocenters. The molecule has 0 saturated heterocycles. The molecule has 7 nitrogen and oxygen atoms in total. The van der Waals surface area contributed by atoms with Crippen LogP contribution in [0.1, 0.15) is 16.1 Å². The number of benzene rings is 1. The minimum absolute atomic E-state index is 0.0378. The van der Waals surface area contributed by atoms with Crippen molar-refractivity contribution in [2.24, 2.45) is 7.05 Å². The van der Waals surface area contributed by atoms with E-state index < -0.39 is 16.0 Å². The summed E-state index contributed by atoms with van der Waals surface area (Å²) in [5.41, 5.74) is 0.968. The Morgan fingerprint density at radius 1 is 1.25 bits per heavy atom. The molecular formula is C16H20N2O5S. The molecule has 130 valence electrons. The van der Waals surface area contributed by atoms with Gasteiger partial charge in [0, 0.05) is 26.8 Å². The maximum absolute atomic E-state index is 12.7. The van der Waals surface area contributed by atoms with Crippen molar-refractivity contribution in [1.29, 1.82) is 0 Å². The number of rotatable bonds is 6. The summed E-state index contributed by atoms with van der Waals surface area (Å²) in [6.07, 6.45) is 1.39. The zero-order valence-electron chi connectivity index (χ0n) is 14.0. The van der Waals surface area contributed by atoms with Gasteiger partial charge in [-0.2, -0.15) is 4.31 Å². The number of aromatic nitrogens is 1. The molecule has 0 aliphatic heterocycles. The number of carbonyl (C=O) groups excluding carboxylic acids is 1. The van der Waals surface area contributed by atoms with Crippen molar-refractivity contribution < 1.29 is 22.7 Å². The average molecular weight is 352 g/mol. The summed E-state index contributed by atoms with van der Waals surface area (Å²) < 4.78 is 37.8. The first-order valence-corrected chi connectivity index (χ1v) is 8.57. The third kappa shape index (κ3) is 3.60. The highest BCUT2D eigenvalue weighted by atomic mass is 32.2. The third-order valence-electron chi connectivity index (χ3n) is 3.62. The second-order valence-electron chi connectivity index (χ2n) is 5.28. The quantitative estimate of drug-likeness (QED) is 0.739. The Morgan fingerprint density at radius 3 is 2.58 bits per heavy atom. The van der Waals surface area contributed by atoms with Crippen LogP contribution in [0, 0.1) is 0 Å². The Morgan fingerprint density at radius 2 is 1.96 bits per heavy atom. The number of ether oxygens (including phenoxy) is 2. The van der Waals surface area contributed by atoms with Gasteiger partial charge in [0.1, 0.15) is 16.3 Å². The zero-order valence-corrected chi connectivity index (χ0v) is 14.8. The van der Waals surface area contributed by atoms with E-state index in [0.717, 1.165) is 5.56 Å². The molecular weight excluding hydrogens is 332 g/mol. The Hall–Kier alpha value is -2.32. The van der Waals surface area contributed by atoms with Gasteiger partial charge in [-0.3, -0.25) is 0 Å². The number of hydrogen-bond donors (Lipinski definition) is 0. The molecule has 1 aromatic carbocycles. The van der Waals surface area contributed by atoms with E-state index in [0.29, 0.717) is 5.75 Å². The molecule has 0 fully saturated rings. The second kappa shape index (κ2) is 7.06. The molecule has 1 aromatic heterocycles. The fraction of sp³-hybridized carbons (Fsp3) is 0.312. The first-order valence-electron chi connectivity index (χ1n) is 7.13. The van der Waals surface area contributed by atoms with Crippen LogP contribution in [-0.4, -0.2) is 44.5 Å². The molecule has 24 heavy (non-hydrogen) atoms. The zero-order chi connectivity index (χ0) is 17.9. The smallest absolute Gasteiger partial charge is 0.354 e. The van der Waals surface area contributed by atoms with E-state index in [9.17, 15) is 13.2 Å². The van der Waals surface area contributed by atoms with Crippen LogP contribution in [-0.2, 0) is 28.4 Å². The highest BCUT2D eigenvalue weighted by Gasteiger charge is 2.25. The number of methoxy groups -OCH3 is 2. The van der Waals surface area contributed by atoms with E-state index in [-0.39, 0.29) is 17.1 Å². The van der Waals surface area contributed by atoms with Crippen LogP contribution in [0.3, 0.4) is 0 Å². The molecule has 0 aliphatic rings. The maximum atomic E-state index is 12.7. The molecule has 2 rings (SSSR count). The summed E-state index contributed by atoms with van der Waals surface area (Å²) in [6, 6.07) is 8.49. The average Bonchev–Trinajstić information content (AvgIpc) is 2.96. The molecule has 0 radical (unpaired) electrons. The lowest BCUT2D eigenvalue weighted by Gasteiger charge is -2.16. The predicted molar refractivity (Wildman–Crippen MR) is 88.4 cm³/mol. The van der Waals surface area contributed by atoms with Gasteiger partial charge in [0.25, 0.3) is 0 Å². The second-order valence-corrected chi connectivity index (χ2v) is 7.32. The van der Waals surface area contributed by atoms with E-state index in [1.165, 1.54) is 35.3 Å². The first-order chi connectivity index (χ1) is 11.3. The number of sulfonamides is 1. The normalized spacial score (nSPS) is 11.5. The highest BCUT2D eigenvalue weighted by molar-refractivity contribution is 7.89. The van der Waals surface area contributed by atoms with Crippen molar-refractivity contribution in [3.8, 4) is 5.75 Å². The van der Waals surface area contributed by atoms with Gasteiger partial charge in [0.15, 0.2) is 0 Å². The Kier molecular flexibility index (Phi) is 5.30. The molecule has 0 amide bonds. The van der Waals surface area contributed by atoms with Crippen LogP contribution < -0.4 is 4.74 Å². The Labute approximate surface area is 141 Å². The van der Waals surface area contributed by atoms with E-state index >= 15 is 0 Å². The van der Waals surface area contributed by atoms with Crippen molar-refractivity contribution >= 4 is 16.0 Å². The van der Waals surface area contributed by atoms with Crippen molar-refractivity contribution in [3.63, 3.8) is 0 Å². The molecule has 0 bridgehead atoms. The summed E-state index contributed by atoms with van der Waals surface area (Å²) in [4.78, 5) is 11.7. The highest BCUT2D eigenvalue weighted by Crippen LogP contribution is 2.21. The van der Waals surface area contributed by atoms with Crippen LogP contribution in [0.25, 0.3) is 0 Å². The largest absolute Gasteiger partial charge is 0.497 e. The van der Waals surface area contributed by atoms with Crippen LogP contribution in [0.5, 0.6) is 5.75 Å². The number of aryl methyl sites for hydroxylation is 1. The van der Waals surface area contributed by atoms with Gasteiger partial charge in [-0.1, -0.05) is 12.1 Å². The molecule has 0 unspecified atom stereocenters. The van der Waals surface area contributed by atoms with Gasteiger partial charge in [-0.15, -0.1) is 0 Å². The lowest BCUT2D eigenvalue weighted by molar-refractivity contribution is 0.0590. The van der Waals surface area contributed by atoms with Crippen LogP contribution in [0.2, 0.25) is 0 Å². The summed E-state index contributed by atoms with van der Waals surface area (Å²) >= 11 is 0. The molecule has 1 heterocycles. The Bertz CT molecular complexity index is 842. The van der Waals surface area contributed by atoms with Gasteiger partial charge >= 0.3 is 5.97 Å². The minimum Gasteiger partial charge on any atom is -0.497 e. The van der Waals surface area contributed by atoms with Crippen molar-refractivity contribution in [3.05, 3.63) is 47.8 Å². The van der Waals surface area contributed by atoms with Crippen molar-refractivity contribution in [2.45, 2.75) is 11.4 Å². The first kappa shape index (κ1) is 18.0. The fourth-order valence-corrected chi connectivity index (χ4v) is 3.51. The summed E-state index contributed by atoms with van der Waals surface area (Å²) in [5.74, 6) is 0.0698. The van der Waals surface area contributed by atoms with Gasteiger partial charge in [-0.25, -0.2) is 13.2 Å². The van der Waals surface area contributed by atoms with Gasteiger partial charge in [0.2, 0.25) is 10.0 Å². The number of esters is 1. The van der Waals surface area contributed by atoms with Crippen LogP contribution in [0.4, 0.5) is 0 Å². The molecule has 0 spiro atoms. The molecule has 0 saturated carbocycles. The lowest BCUT2D eigenvalue weighted by atomic mass is 10.2. The van der Waals surface area contributed by atoms with Gasteiger partial charge in [0.05, 0.1) is 14.2 Å².